The molecule has 4 nitrogen and oxygen atoms in total. The molecular weight excluding hydrogens is 395 g/mol. The van der Waals surface area contributed by atoms with Crippen LogP contribution in [0, 0.1) is 0 Å². The number of rotatable bonds is 6. The molecule has 160 valence electrons. The second-order valence-electron chi connectivity index (χ2n) is 7.51. The Morgan fingerprint density at radius 2 is 1.63 bits per heavy atom. The molecule has 0 spiro atoms. The van der Waals surface area contributed by atoms with Crippen molar-refractivity contribution in [3.63, 3.8) is 0 Å². The fraction of sp³-hybridized carbons (Fsp3) is 0.391. The second-order valence-corrected chi connectivity index (χ2v) is 7.51. The molecule has 0 saturated carbocycles. The zero-order valence-corrected chi connectivity index (χ0v) is 16.5. The van der Waals surface area contributed by atoms with E-state index < -0.39 is 29.2 Å². The summed E-state index contributed by atoms with van der Waals surface area (Å²) in [7, 11) is 0. The summed E-state index contributed by atoms with van der Waals surface area (Å²) in [6, 6.07) is 16.4. The number of esters is 1. The molecule has 2 aromatic carbocycles. The van der Waals surface area contributed by atoms with Gasteiger partial charge in [-0.15, -0.1) is 0 Å². The molecule has 0 aliphatic carbocycles. The van der Waals surface area contributed by atoms with Crippen LogP contribution in [0.5, 0.6) is 0 Å². The van der Waals surface area contributed by atoms with Gasteiger partial charge >= 0.3 is 12.1 Å². The van der Waals surface area contributed by atoms with Crippen LogP contribution in [0.2, 0.25) is 0 Å². The molecule has 1 aliphatic rings. The Morgan fingerprint density at radius 1 is 1.00 bits per heavy atom. The van der Waals surface area contributed by atoms with Gasteiger partial charge in [0.05, 0.1) is 0 Å². The first-order valence-corrected chi connectivity index (χ1v) is 9.93. The molecule has 0 amide bonds. The van der Waals surface area contributed by atoms with Gasteiger partial charge in [-0.2, -0.15) is 13.2 Å². The number of carbonyl (C=O) groups excluding carboxylic acids is 2. The summed E-state index contributed by atoms with van der Waals surface area (Å²) in [6.45, 7) is 2.09. The number of nitrogens with zero attached hydrogens (tertiary/aromatic N) is 1. The Morgan fingerprint density at radius 3 is 2.23 bits per heavy atom. The Bertz CT molecular complexity index is 842. The van der Waals surface area contributed by atoms with E-state index in [2.05, 4.69) is 4.90 Å². The van der Waals surface area contributed by atoms with E-state index in [1.165, 1.54) is 18.2 Å². The summed E-state index contributed by atoms with van der Waals surface area (Å²) < 4.78 is 47.0. The summed E-state index contributed by atoms with van der Waals surface area (Å²) >= 11 is 0. The van der Waals surface area contributed by atoms with Gasteiger partial charge in [0, 0.05) is 13.1 Å². The third-order valence-electron chi connectivity index (χ3n) is 5.47. The molecule has 0 aromatic heterocycles. The maximum absolute atomic E-state index is 13.9. The van der Waals surface area contributed by atoms with Gasteiger partial charge in [-0.3, -0.25) is 9.69 Å². The minimum absolute atomic E-state index is 0.344. The molecule has 3 rings (SSSR count). The molecule has 2 atom stereocenters. The summed E-state index contributed by atoms with van der Waals surface area (Å²) in [5.74, 6) is -1.56. The van der Waals surface area contributed by atoms with Crippen molar-refractivity contribution < 1.29 is 27.5 Å². The fourth-order valence-electron chi connectivity index (χ4n) is 3.77. The molecule has 1 unspecified atom stereocenters. The Kier molecular flexibility index (Phi) is 6.92. The lowest BCUT2D eigenvalue weighted by Gasteiger charge is -2.30. The molecule has 1 heterocycles. The monoisotopic (exact) mass is 419 g/mol. The number of carbonyl (C=O) groups is 2. The van der Waals surface area contributed by atoms with E-state index in [0.29, 0.717) is 25.8 Å². The van der Waals surface area contributed by atoms with Crippen molar-refractivity contribution in [3.8, 4) is 0 Å². The highest BCUT2D eigenvalue weighted by Crippen LogP contribution is 2.41. The molecule has 2 aromatic rings. The summed E-state index contributed by atoms with van der Waals surface area (Å²) in [6.07, 6.45) is -4.54. The zero-order chi connectivity index (χ0) is 21.6. The number of likely N-dealkylation sites (tertiary alicyclic amines) is 1. The number of aldehydes is 1. The molecule has 1 fully saturated rings. The van der Waals surface area contributed by atoms with E-state index in [0.717, 1.165) is 30.8 Å². The first-order chi connectivity index (χ1) is 14.4. The van der Waals surface area contributed by atoms with Crippen LogP contribution in [-0.4, -0.2) is 42.5 Å². The number of hydrogen-bond donors (Lipinski definition) is 0. The smallest absolute Gasteiger partial charge is 0.415 e. The summed E-state index contributed by atoms with van der Waals surface area (Å²) in [5.41, 5.74) is -2.60. The van der Waals surface area contributed by atoms with Crippen molar-refractivity contribution in [2.75, 3.05) is 13.1 Å². The normalized spacial score (nSPS) is 20.0. The largest absolute Gasteiger partial charge is 0.461 e. The minimum atomic E-state index is -5.10. The predicted octanol–water partition coefficient (Wildman–Crippen LogP) is 4.28. The van der Waals surface area contributed by atoms with E-state index in [9.17, 15) is 22.8 Å². The maximum atomic E-state index is 13.9. The first-order valence-electron chi connectivity index (χ1n) is 9.93. The van der Waals surface area contributed by atoms with E-state index in [1.807, 2.05) is 30.3 Å². The van der Waals surface area contributed by atoms with Gasteiger partial charge in [0.15, 0.2) is 6.29 Å². The molecule has 7 heteroatoms. The van der Waals surface area contributed by atoms with Gasteiger partial charge in [0.1, 0.15) is 6.10 Å². The number of hydrogen-bond acceptors (Lipinski definition) is 4. The average molecular weight is 419 g/mol. The highest BCUT2D eigenvalue weighted by molar-refractivity contribution is 6.01. The topological polar surface area (TPSA) is 46.6 Å². The number of ether oxygens (including phenoxy) is 1. The van der Waals surface area contributed by atoms with Crippen LogP contribution in [0.1, 0.15) is 30.4 Å². The number of alkyl halides is 3. The average Bonchev–Trinajstić information content (AvgIpc) is 2.94. The lowest BCUT2D eigenvalue weighted by molar-refractivity contribution is -0.207. The van der Waals surface area contributed by atoms with E-state index >= 15 is 0 Å². The highest BCUT2D eigenvalue weighted by Gasteiger charge is 2.63. The van der Waals surface area contributed by atoms with Gasteiger partial charge in [-0.1, -0.05) is 60.7 Å². The Balaban J connectivity index is 1.71. The quantitative estimate of drug-likeness (QED) is 0.398. The summed E-state index contributed by atoms with van der Waals surface area (Å²) in [5, 5.41) is 0. The summed E-state index contributed by atoms with van der Waals surface area (Å²) in [4.78, 5) is 26.6. The highest BCUT2D eigenvalue weighted by atomic mass is 19.4. The third kappa shape index (κ3) is 4.73. The Labute approximate surface area is 173 Å². The second kappa shape index (κ2) is 9.43. The zero-order valence-electron chi connectivity index (χ0n) is 16.5. The van der Waals surface area contributed by atoms with Crippen molar-refractivity contribution in [1.29, 1.82) is 0 Å². The van der Waals surface area contributed by atoms with Gasteiger partial charge in [0.2, 0.25) is 5.41 Å². The van der Waals surface area contributed by atoms with Gasteiger partial charge in [0.25, 0.3) is 0 Å². The van der Waals surface area contributed by atoms with Crippen LogP contribution in [0.15, 0.2) is 60.7 Å². The SMILES string of the molecule is O=CC(C(=O)O[C@@H]1CCCN(Cc2ccccc2)CC1)(c1ccccc1)C(F)(F)F. The number of halogens is 3. The maximum Gasteiger partial charge on any atom is 0.415 e. The number of benzene rings is 2. The van der Waals surface area contributed by atoms with E-state index in [-0.39, 0.29) is 6.29 Å². The lowest BCUT2D eigenvalue weighted by Crippen LogP contribution is -2.52. The fourth-order valence-corrected chi connectivity index (χ4v) is 3.77. The van der Waals surface area contributed by atoms with Crippen molar-refractivity contribution in [2.24, 2.45) is 0 Å². The molecular formula is C23H24F3NO3. The van der Waals surface area contributed by atoms with Crippen LogP contribution in [0.25, 0.3) is 0 Å². The third-order valence-corrected chi connectivity index (χ3v) is 5.47. The van der Waals surface area contributed by atoms with Crippen LogP contribution in [0.4, 0.5) is 13.2 Å². The molecule has 1 saturated heterocycles. The van der Waals surface area contributed by atoms with Gasteiger partial charge in [-0.05, 0) is 36.9 Å². The van der Waals surface area contributed by atoms with E-state index in [1.54, 1.807) is 0 Å². The Hall–Kier alpha value is -2.67. The van der Waals surface area contributed by atoms with Crippen molar-refractivity contribution >= 4 is 12.3 Å². The first kappa shape index (κ1) is 22.0. The molecule has 1 aliphatic heterocycles. The van der Waals surface area contributed by atoms with Crippen molar-refractivity contribution in [1.82, 2.24) is 4.90 Å². The van der Waals surface area contributed by atoms with Crippen molar-refractivity contribution in [3.05, 3.63) is 71.8 Å². The van der Waals surface area contributed by atoms with Gasteiger partial charge in [-0.25, -0.2) is 0 Å². The van der Waals surface area contributed by atoms with Crippen LogP contribution in [0.3, 0.4) is 0 Å². The predicted molar refractivity (Wildman–Crippen MR) is 106 cm³/mol. The minimum Gasteiger partial charge on any atom is -0.461 e. The van der Waals surface area contributed by atoms with Crippen LogP contribution in [-0.2, 0) is 26.3 Å². The van der Waals surface area contributed by atoms with Gasteiger partial charge < -0.3 is 9.53 Å². The molecule has 30 heavy (non-hydrogen) atoms. The molecule has 0 radical (unpaired) electrons. The molecule has 0 N–H and O–H groups in total. The van der Waals surface area contributed by atoms with Crippen LogP contribution < -0.4 is 0 Å². The standard InChI is InChI=1S/C23H24F3NO3/c24-23(25,26)22(17-28,19-10-5-2-6-11-19)21(29)30-20-12-7-14-27(15-13-20)16-18-8-3-1-4-9-18/h1-6,8-11,17,20H,7,12-16H2/t20-,22?/m1/s1. The van der Waals surface area contributed by atoms with Crippen molar-refractivity contribution in [2.45, 2.75) is 43.5 Å². The lowest BCUT2D eigenvalue weighted by atomic mass is 9.81. The van der Waals surface area contributed by atoms with Crippen LogP contribution >= 0.6 is 0 Å². The van der Waals surface area contributed by atoms with E-state index in [4.69, 9.17) is 4.74 Å². The molecule has 0 bridgehead atoms.